The lowest BCUT2D eigenvalue weighted by Gasteiger charge is -2.34. The van der Waals surface area contributed by atoms with Gasteiger partial charge in [0.15, 0.2) is 0 Å². The van der Waals surface area contributed by atoms with Crippen LogP contribution in [0.5, 0.6) is 0 Å². The molecule has 2 aliphatic rings. The van der Waals surface area contributed by atoms with E-state index >= 15 is 0 Å². The van der Waals surface area contributed by atoms with Gasteiger partial charge < -0.3 is 15.0 Å². The fourth-order valence-electron chi connectivity index (χ4n) is 3.13. The first-order valence-electron chi connectivity index (χ1n) is 8.16. The zero-order valence-electron chi connectivity index (χ0n) is 13.5. The Morgan fingerprint density at radius 1 is 1.24 bits per heavy atom. The van der Waals surface area contributed by atoms with E-state index in [1.54, 1.807) is 0 Å². The molecule has 2 fully saturated rings. The number of ether oxygens (including phenoxy) is 1. The van der Waals surface area contributed by atoms with Crippen LogP contribution in [-0.2, 0) is 11.3 Å². The van der Waals surface area contributed by atoms with Crippen LogP contribution in [0.2, 0.25) is 0 Å². The minimum atomic E-state index is 0.548. The maximum absolute atomic E-state index is 5.49. The molecule has 0 bridgehead atoms. The molecule has 1 aliphatic heterocycles. The molecule has 1 aromatic heterocycles. The Morgan fingerprint density at radius 2 is 1.95 bits per heavy atom. The van der Waals surface area contributed by atoms with Crippen molar-refractivity contribution in [2.24, 2.45) is 0 Å². The van der Waals surface area contributed by atoms with Gasteiger partial charge in [0.2, 0.25) is 0 Å². The summed E-state index contributed by atoms with van der Waals surface area (Å²) >= 11 is 0. The van der Waals surface area contributed by atoms with Gasteiger partial charge in [-0.1, -0.05) is 0 Å². The fraction of sp³-hybridized carbons (Fsp3) is 0.706. The largest absolute Gasteiger partial charge is 0.381 e. The van der Waals surface area contributed by atoms with E-state index in [0.29, 0.717) is 6.04 Å². The third-order valence-corrected chi connectivity index (χ3v) is 4.67. The van der Waals surface area contributed by atoms with Gasteiger partial charge in [-0.3, -0.25) is 0 Å². The van der Waals surface area contributed by atoms with E-state index in [1.165, 1.54) is 24.0 Å². The van der Waals surface area contributed by atoms with Crippen molar-refractivity contribution in [2.45, 2.75) is 58.2 Å². The van der Waals surface area contributed by atoms with Gasteiger partial charge in [-0.2, -0.15) is 0 Å². The highest BCUT2D eigenvalue weighted by Gasteiger charge is 2.25. The molecular formula is C17H27N3O. The predicted molar refractivity (Wildman–Crippen MR) is 85.8 cm³/mol. The minimum Gasteiger partial charge on any atom is -0.381 e. The Bertz CT molecular complexity index is 493. The van der Waals surface area contributed by atoms with Crippen LogP contribution < -0.4 is 10.2 Å². The van der Waals surface area contributed by atoms with Crippen molar-refractivity contribution >= 4 is 5.82 Å². The van der Waals surface area contributed by atoms with E-state index in [9.17, 15) is 0 Å². The van der Waals surface area contributed by atoms with Gasteiger partial charge >= 0.3 is 0 Å². The highest BCUT2D eigenvalue weighted by atomic mass is 16.5. The Morgan fingerprint density at radius 3 is 2.62 bits per heavy atom. The topological polar surface area (TPSA) is 37.4 Å². The molecule has 0 aromatic carbocycles. The van der Waals surface area contributed by atoms with E-state index in [-0.39, 0.29) is 0 Å². The number of nitrogens with one attached hydrogen (secondary N) is 1. The van der Waals surface area contributed by atoms with E-state index < -0.39 is 0 Å². The molecular weight excluding hydrogens is 262 g/mol. The number of nitrogens with zero attached hydrogens (tertiary/aromatic N) is 2. The summed E-state index contributed by atoms with van der Waals surface area (Å²) in [6, 6.07) is 3.48. The van der Waals surface area contributed by atoms with E-state index in [4.69, 9.17) is 9.72 Å². The van der Waals surface area contributed by atoms with Crippen LogP contribution in [0.3, 0.4) is 0 Å². The molecule has 116 valence electrons. The van der Waals surface area contributed by atoms with Crippen molar-refractivity contribution in [3.63, 3.8) is 0 Å². The maximum Gasteiger partial charge on any atom is 0.133 e. The first-order chi connectivity index (χ1) is 10.1. The highest BCUT2D eigenvalue weighted by molar-refractivity contribution is 5.52. The Hall–Kier alpha value is -1.13. The zero-order chi connectivity index (χ0) is 14.8. The second-order valence-corrected chi connectivity index (χ2v) is 6.49. The van der Waals surface area contributed by atoms with Gasteiger partial charge in [-0.05, 0) is 51.2 Å². The van der Waals surface area contributed by atoms with Gasteiger partial charge in [0, 0.05) is 50.1 Å². The number of aryl methyl sites for hydroxylation is 2. The lowest BCUT2D eigenvalue weighted by atomic mass is 10.0. The molecule has 0 amide bonds. The average molecular weight is 289 g/mol. The zero-order valence-corrected chi connectivity index (χ0v) is 13.5. The van der Waals surface area contributed by atoms with Gasteiger partial charge in [0.1, 0.15) is 5.82 Å². The molecule has 0 unspecified atom stereocenters. The Kier molecular flexibility index (Phi) is 4.45. The first kappa shape index (κ1) is 14.8. The number of aromatic nitrogens is 1. The van der Waals surface area contributed by atoms with Crippen molar-refractivity contribution < 1.29 is 4.74 Å². The number of hydrogen-bond donors (Lipinski definition) is 1. The van der Waals surface area contributed by atoms with Gasteiger partial charge in [0.25, 0.3) is 0 Å². The van der Waals surface area contributed by atoms with Crippen LogP contribution >= 0.6 is 0 Å². The Balaban J connectivity index is 1.82. The molecule has 0 radical (unpaired) electrons. The average Bonchev–Trinajstić information content (AvgIpc) is 3.30. The SMILES string of the molecule is Cc1cc(C)c(CNC2CC2)c(N(C)C2CCOCC2)n1. The first-order valence-corrected chi connectivity index (χ1v) is 8.16. The van der Waals surface area contributed by atoms with Crippen molar-refractivity contribution in [3.8, 4) is 0 Å². The van der Waals surface area contributed by atoms with E-state index in [2.05, 4.69) is 37.2 Å². The highest BCUT2D eigenvalue weighted by Crippen LogP contribution is 2.27. The molecule has 1 aliphatic carbocycles. The van der Waals surface area contributed by atoms with Crippen LogP contribution in [0, 0.1) is 13.8 Å². The maximum atomic E-state index is 5.49. The molecule has 1 saturated carbocycles. The number of pyridine rings is 1. The number of hydrogen-bond acceptors (Lipinski definition) is 4. The van der Waals surface area contributed by atoms with Crippen LogP contribution in [-0.4, -0.2) is 37.3 Å². The summed E-state index contributed by atoms with van der Waals surface area (Å²) in [5, 5.41) is 3.64. The standard InChI is InChI=1S/C17H27N3O/c1-12-10-13(2)19-17(16(12)11-18-14-4-5-14)20(3)15-6-8-21-9-7-15/h10,14-15,18H,4-9,11H2,1-3H3. The summed E-state index contributed by atoms with van der Waals surface area (Å²) in [6.45, 7) is 6.98. The van der Waals surface area contributed by atoms with Crippen LogP contribution in [0.4, 0.5) is 5.82 Å². The molecule has 1 N–H and O–H groups in total. The fourth-order valence-corrected chi connectivity index (χ4v) is 3.13. The second kappa shape index (κ2) is 6.32. The smallest absolute Gasteiger partial charge is 0.133 e. The Labute approximate surface area is 127 Å². The van der Waals surface area contributed by atoms with Crippen molar-refractivity contribution in [1.29, 1.82) is 0 Å². The van der Waals surface area contributed by atoms with Gasteiger partial charge in [-0.25, -0.2) is 4.98 Å². The van der Waals surface area contributed by atoms with Crippen molar-refractivity contribution in [2.75, 3.05) is 25.2 Å². The summed E-state index contributed by atoms with van der Waals surface area (Å²) in [7, 11) is 2.19. The number of rotatable bonds is 5. The van der Waals surface area contributed by atoms with Crippen molar-refractivity contribution in [3.05, 3.63) is 22.9 Å². The van der Waals surface area contributed by atoms with E-state index in [0.717, 1.165) is 50.2 Å². The summed E-state index contributed by atoms with van der Waals surface area (Å²) in [5.74, 6) is 1.16. The molecule has 3 rings (SSSR count). The summed E-state index contributed by atoms with van der Waals surface area (Å²) in [5.41, 5.74) is 3.82. The number of anilines is 1. The molecule has 0 spiro atoms. The van der Waals surface area contributed by atoms with E-state index in [1.807, 2.05) is 0 Å². The van der Waals surface area contributed by atoms with Crippen LogP contribution in [0.1, 0.15) is 42.5 Å². The van der Waals surface area contributed by atoms with Crippen LogP contribution in [0.15, 0.2) is 6.07 Å². The normalized spacial score (nSPS) is 19.8. The third-order valence-electron chi connectivity index (χ3n) is 4.67. The quantitative estimate of drug-likeness (QED) is 0.904. The monoisotopic (exact) mass is 289 g/mol. The molecule has 0 atom stereocenters. The summed E-state index contributed by atoms with van der Waals surface area (Å²) in [4.78, 5) is 7.23. The van der Waals surface area contributed by atoms with Gasteiger partial charge in [0.05, 0.1) is 0 Å². The van der Waals surface area contributed by atoms with Crippen molar-refractivity contribution in [1.82, 2.24) is 10.3 Å². The summed E-state index contributed by atoms with van der Waals surface area (Å²) < 4.78 is 5.49. The molecule has 4 heteroatoms. The lowest BCUT2D eigenvalue weighted by molar-refractivity contribution is 0.0853. The third kappa shape index (κ3) is 3.55. The molecule has 21 heavy (non-hydrogen) atoms. The molecule has 2 heterocycles. The predicted octanol–water partition coefficient (Wildman–Crippen LogP) is 2.57. The minimum absolute atomic E-state index is 0.548. The molecule has 4 nitrogen and oxygen atoms in total. The molecule has 1 aromatic rings. The lowest BCUT2D eigenvalue weighted by Crippen LogP contribution is -2.38. The second-order valence-electron chi connectivity index (χ2n) is 6.49. The van der Waals surface area contributed by atoms with Gasteiger partial charge in [-0.15, -0.1) is 0 Å². The summed E-state index contributed by atoms with van der Waals surface area (Å²) in [6.07, 6.45) is 4.84. The van der Waals surface area contributed by atoms with Crippen LogP contribution in [0.25, 0.3) is 0 Å². The molecule has 1 saturated heterocycles.